The van der Waals surface area contributed by atoms with Crippen LogP contribution in [0.4, 0.5) is 0 Å². The van der Waals surface area contributed by atoms with Gasteiger partial charge in [-0.25, -0.2) is 0 Å². The fourth-order valence-electron chi connectivity index (χ4n) is 2.35. The van der Waals surface area contributed by atoms with Gasteiger partial charge in [0, 0.05) is 12.2 Å². The minimum absolute atomic E-state index is 0.351. The number of hydrogen-bond acceptors (Lipinski definition) is 2. The second-order valence-corrected chi connectivity index (χ2v) is 4.98. The third-order valence-corrected chi connectivity index (χ3v) is 3.44. The second-order valence-electron chi connectivity index (χ2n) is 4.98. The summed E-state index contributed by atoms with van der Waals surface area (Å²) in [6, 6.07) is 15.2. The number of hydrogen-bond donors (Lipinski definition) is 1. The molecule has 19 heavy (non-hydrogen) atoms. The summed E-state index contributed by atoms with van der Waals surface area (Å²) in [5.41, 5.74) is 3.83. The Morgan fingerprint density at radius 1 is 1.16 bits per heavy atom. The van der Waals surface area contributed by atoms with E-state index in [2.05, 4.69) is 53.6 Å². The van der Waals surface area contributed by atoms with E-state index in [0.29, 0.717) is 6.04 Å². The van der Waals surface area contributed by atoms with Crippen molar-refractivity contribution in [3.05, 3.63) is 65.5 Å². The summed E-state index contributed by atoms with van der Waals surface area (Å²) in [5, 5.41) is 3.37. The molecule has 2 heteroatoms. The molecule has 1 heterocycles. The maximum absolute atomic E-state index is 4.47. The summed E-state index contributed by atoms with van der Waals surface area (Å²) >= 11 is 0. The molecule has 1 N–H and O–H groups in total. The van der Waals surface area contributed by atoms with Crippen molar-refractivity contribution in [1.29, 1.82) is 0 Å². The van der Waals surface area contributed by atoms with Gasteiger partial charge in [0.25, 0.3) is 0 Å². The third-order valence-electron chi connectivity index (χ3n) is 3.44. The first-order valence-electron chi connectivity index (χ1n) is 6.93. The van der Waals surface area contributed by atoms with Gasteiger partial charge in [0.2, 0.25) is 0 Å². The lowest BCUT2D eigenvalue weighted by molar-refractivity contribution is 0.515. The lowest BCUT2D eigenvalue weighted by Gasteiger charge is -2.16. The van der Waals surface area contributed by atoms with Gasteiger partial charge in [0.1, 0.15) is 0 Å². The molecular weight excluding hydrogens is 232 g/mol. The van der Waals surface area contributed by atoms with Gasteiger partial charge in [-0.3, -0.25) is 4.98 Å². The van der Waals surface area contributed by atoms with Crippen LogP contribution < -0.4 is 5.32 Å². The molecule has 1 aromatic carbocycles. The van der Waals surface area contributed by atoms with Gasteiger partial charge in [0.15, 0.2) is 0 Å². The quantitative estimate of drug-likeness (QED) is 0.850. The predicted octanol–water partition coefficient (Wildman–Crippen LogP) is 3.67. The monoisotopic (exact) mass is 254 g/mol. The molecule has 0 fully saturated rings. The van der Waals surface area contributed by atoms with Gasteiger partial charge in [-0.1, -0.05) is 30.3 Å². The Kier molecular flexibility index (Phi) is 5.10. The van der Waals surface area contributed by atoms with Crippen LogP contribution in [0.2, 0.25) is 0 Å². The van der Waals surface area contributed by atoms with Crippen LogP contribution in [0.3, 0.4) is 0 Å². The van der Waals surface area contributed by atoms with E-state index >= 15 is 0 Å². The zero-order chi connectivity index (χ0) is 13.5. The van der Waals surface area contributed by atoms with E-state index in [-0.39, 0.29) is 0 Å². The summed E-state index contributed by atoms with van der Waals surface area (Å²) in [5.74, 6) is 0. The van der Waals surface area contributed by atoms with Crippen LogP contribution >= 0.6 is 0 Å². The van der Waals surface area contributed by atoms with Crippen molar-refractivity contribution in [1.82, 2.24) is 10.3 Å². The Morgan fingerprint density at radius 3 is 2.63 bits per heavy atom. The Bertz CT molecular complexity index is 494. The molecule has 0 spiro atoms. The lowest BCUT2D eigenvalue weighted by atomic mass is 10.0. The largest absolute Gasteiger partial charge is 0.312 e. The number of pyridine rings is 1. The first-order chi connectivity index (χ1) is 9.29. The molecule has 0 radical (unpaired) electrons. The molecule has 0 aliphatic carbocycles. The van der Waals surface area contributed by atoms with Crippen LogP contribution in [0.25, 0.3) is 0 Å². The summed E-state index contributed by atoms with van der Waals surface area (Å²) in [4.78, 5) is 4.47. The Hall–Kier alpha value is -1.67. The van der Waals surface area contributed by atoms with Crippen LogP contribution in [0.1, 0.15) is 35.7 Å². The van der Waals surface area contributed by atoms with Crippen LogP contribution in [0.5, 0.6) is 0 Å². The van der Waals surface area contributed by atoms with E-state index < -0.39 is 0 Å². The van der Waals surface area contributed by atoms with Gasteiger partial charge < -0.3 is 5.32 Å². The average Bonchev–Trinajstić information content (AvgIpc) is 2.45. The van der Waals surface area contributed by atoms with Crippen LogP contribution in [-0.2, 0) is 6.42 Å². The highest BCUT2D eigenvalue weighted by Gasteiger charge is 2.10. The predicted molar refractivity (Wildman–Crippen MR) is 80.2 cm³/mol. The third kappa shape index (κ3) is 4.18. The maximum Gasteiger partial charge on any atom is 0.0575 e. The molecule has 0 aliphatic heterocycles. The highest BCUT2D eigenvalue weighted by atomic mass is 14.9. The number of aryl methyl sites for hydroxylation is 2. The van der Waals surface area contributed by atoms with Crippen molar-refractivity contribution in [3.8, 4) is 0 Å². The first kappa shape index (κ1) is 13.8. The fourth-order valence-corrected chi connectivity index (χ4v) is 2.35. The van der Waals surface area contributed by atoms with Crippen molar-refractivity contribution in [2.45, 2.75) is 32.2 Å². The van der Waals surface area contributed by atoms with E-state index in [1.165, 1.54) is 17.5 Å². The summed E-state index contributed by atoms with van der Waals surface area (Å²) < 4.78 is 0. The summed E-state index contributed by atoms with van der Waals surface area (Å²) in [6.45, 7) is 2.11. The van der Waals surface area contributed by atoms with E-state index in [0.717, 1.165) is 18.5 Å². The van der Waals surface area contributed by atoms with Gasteiger partial charge in [-0.2, -0.15) is 0 Å². The van der Waals surface area contributed by atoms with Crippen molar-refractivity contribution >= 4 is 0 Å². The van der Waals surface area contributed by atoms with Crippen molar-refractivity contribution < 1.29 is 0 Å². The summed E-state index contributed by atoms with van der Waals surface area (Å²) in [6.07, 6.45) is 5.31. The minimum Gasteiger partial charge on any atom is -0.312 e. The molecule has 1 unspecified atom stereocenters. The molecule has 1 atom stereocenters. The normalized spacial score (nSPS) is 12.3. The Balaban J connectivity index is 1.89. The SMILES string of the molecule is CNC(CCCc1ccccc1)c1cc(C)ccn1. The molecule has 0 saturated heterocycles. The van der Waals surface area contributed by atoms with E-state index in [9.17, 15) is 0 Å². The van der Waals surface area contributed by atoms with Crippen LogP contribution in [-0.4, -0.2) is 12.0 Å². The molecule has 0 aliphatic rings. The first-order valence-corrected chi connectivity index (χ1v) is 6.93. The number of nitrogens with one attached hydrogen (secondary N) is 1. The molecule has 1 aromatic heterocycles. The van der Waals surface area contributed by atoms with Crippen molar-refractivity contribution in [2.75, 3.05) is 7.05 Å². The van der Waals surface area contributed by atoms with E-state index in [1.54, 1.807) is 0 Å². The van der Waals surface area contributed by atoms with Crippen LogP contribution in [0, 0.1) is 6.92 Å². The van der Waals surface area contributed by atoms with Crippen LogP contribution in [0.15, 0.2) is 48.7 Å². The highest BCUT2D eigenvalue weighted by molar-refractivity contribution is 5.18. The number of nitrogens with zero attached hydrogens (tertiary/aromatic N) is 1. The van der Waals surface area contributed by atoms with Gasteiger partial charge in [-0.15, -0.1) is 0 Å². The molecule has 0 bridgehead atoms. The van der Waals surface area contributed by atoms with Gasteiger partial charge >= 0.3 is 0 Å². The number of benzene rings is 1. The molecule has 2 aromatic rings. The molecule has 2 rings (SSSR count). The average molecular weight is 254 g/mol. The molecule has 0 saturated carbocycles. The smallest absolute Gasteiger partial charge is 0.0575 e. The molecule has 0 amide bonds. The number of rotatable bonds is 6. The highest BCUT2D eigenvalue weighted by Crippen LogP contribution is 2.18. The fraction of sp³-hybridized carbons (Fsp3) is 0.353. The topological polar surface area (TPSA) is 24.9 Å². The zero-order valence-corrected chi connectivity index (χ0v) is 11.8. The maximum atomic E-state index is 4.47. The molecule has 2 nitrogen and oxygen atoms in total. The molecule has 100 valence electrons. The van der Waals surface area contributed by atoms with Gasteiger partial charge in [-0.05, 0) is 56.5 Å². The summed E-state index contributed by atoms with van der Waals surface area (Å²) in [7, 11) is 2.01. The van der Waals surface area contributed by atoms with E-state index in [1.807, 2.05) is 19.3 Å². The van der Waals surface area contributed by atoms with Crippen molar-refractivity contribution in [2.24, 2.45) is 0 Å². The Morgan fingerprint density at radius 2 is 1.95 bits per heavy atom. The number of aromatic nitrogens is 1. The zero-order valence-electron chi connectivity index (χ0n) is 11.8. The molecular formula is C17H22N2. The minimum atomic E-state index is 0.351. The standard InChI is InChI=1S/C17H22N2/c1-14-11-12-19-17(13-14)16(18-2)10-6-9-15-7-4-3-5-8-15/h3-5,7-8,11-13,16,18H,6,9-10H2,1-2H3. The van der Waals surface area contributed by atoms with E-state index in [4.69, 9.17) is 0 Å². The Labute approximate surface area is 115 Å². The van der Waals surface area contributed by atoms with Crippen molar-refractivity contribution in [3.63, 3.8) is 0 Å². The van der Waals surface area contributed by atoms with Gasteiger partial charge in [0.05, 0.1) is 5.69 Å². The lowest BCUT2D eigenvalue weighted by Crippen LogP contribution is -2.17. The second kappa shape index (κ2) is 7.05.